The smallest absolute Gasteiger partial charge is 0.308 e. The van der Waals surface area contributed by atoms with Crippen LogP contribution in [0.3, 0.4) is 0 Å². The van der Waals surface area contributed by atoms with Crippen LogP contribution in [0.4, 0.5) is 5.69 Å². The number of aliphatic carboxylic acids is 1. The molecule has 2 aromatic carbocycles. The van der Waals surface area contributed by atoms with Crippen LogP contribution in [0, 0.1) is 5.92 Å². The van der Waals surface area contributed by atoms with Crippen molar-refractivity contribution in [3.63, 3.8) is 0 Å². The zero-order valence-electron chi connectivity index (χ0n) is 13.3. The van der Waals surface area contributed by atoms with Crippen molar-refractivity contribution in [3.05, 3.63) is 46.4 Å². The second-order valence-corrected chi connectivity index (χ2v) is 6.86. The first kappa shape index (κ1) is 16.9. The lowest BCUT2D eigenvalue weighted by Crippen LogP contribution is -2.25. The third kappa shape index (κ3) is 2.91. The lowest BCUT2D eigenvalue weighted by molar-refractivity contribution is -0.141. The summed E-state index contributed by atoms with van der Waals surface area (Å²) in [5.74, 6) is -1.50. The average molecular weight is 391 g/mol. The first-order chi connectivity index (χ1) is 12.4. The fraction of sp³-hybridized carbons (Fsp3) is 0.167. The van der Waals surface area contributed by atoms with Gasteiger partial charge in [0.05, 0.1) is 16.0 Å². The molecule has 1 saturated heterocycles. The number of nitrogens with zero attached hydrogens (tertiary/aromatic N) is 2. The van der Waals surface area contributed by atoms with Gasteiger partial charge in [0.2, 0.25) is 11.8 Å². The Bertz CT molecular complexity index is 1050. The molecule has 1 aromatic heterocycles. The number of anilines is 1. The Balaban J connectivity index is 1.69. The van der Waals surface area contributed by atoms with E-state index in [1.807, 2.05) is 0 Å². The van der Waals surface area contributed by atoms with Gasteiger partial charge in [-0.2, -0.15) is 0 Å². The predicted molar refractivity (Wildman–Crippen MR) is 97.6 cm³/mol. The fourth-order valence-corrected chi connectivity index (χ4v) is 3.25. The minimum atomic E-state index is -0.969. The number of fused-ring (bicyclic) bond motifs is 1. The molecule has 1 fully saturated rings. The molecule has 1 amide bonds. The Kier molecular flexibility index (Phi) is 4.09. The van der Waals surface area contributed by atoms with Crippen molar-refractivity contribution in [2.75, 3.05) is 11.4 Å². The molecule has 0 radical (unpaired) electrons. The van der Waals surface area contributed by atoms with Crippen LogP contribution in [0.25, 0.3) is 22.6 Å². The Labute approximate surface area is 157 Å². The zero-order valence-corrected chi connectivity index (χ0v) is 14.8. The van der Waals surface area contributed by atoms with E-state index >= 15 is 0 Å². The normalized spacial score (nSPS) is 17.2. The molecular formula is C18H12Cl2N2O4. The Morgan fingerprint density at radius 3 is 2.69 bits per heavy atom. The molecule has 0 bridgehead atoms. The van der Waals surface area contributed by atoms with Gasteiger partial charge in [0.15, 0.2) is 5.58 Å². The van der Waals surface area contributed by atoms with Crippen molar-refractivity contribution in [2.24, 2.45) is 5.92 Å². The summed E-state index contributed by atoms with van der Waals surface area (Å²) in [4.78, 5) is 29.1. The summed E-state index contributed by atoms with van der Waals surface area (Å²) in [5, 5.41) is 9.95. The number of amides is 1. The summed E-state index contributed by atoms with van der Waals surface area (Å²) < 4.78 is 5.79. The van der Waals surface area contributed by atoms with Crippen molar-refractivity contribution < 1.29 is 19.1 Å². The van der Waals surface area contributed by atoms with Gasteiger partial charge < -0.3 is 14.4 Å². The lowest BCUT2D eigenvalue weighted by atomic mass is 10.1. The molecule has 6 nitrogen and oxygen atoms in total. The van der Waals surface area contributed by atoms with Crippen LogP contribution in [-0.2, 0) is 9.59 Å². The minimum absolute atomic E-state index is 0.00169. The van der Waals surface area contributed by atoms with E-state index in [2.05, 4.69) is 4.98 Å². The van der Waals surface area contributed by atoms with Gasteiger partial charge in [0, 0.05) is 30.3 Å². The van der Waals surface area contributed by atoms with E-state index in [0.29, 0.717) is 38.3 Å². The average Bonchev–Trinajstić information content (AvgIpc) is 3.20. The summed E-state index contributed by atoms with van der Waals surface area (Å²) in [6.07, 6.45) is -0.00169. The third-order valence-corrected chi connectivity index (χ3v) is 5.06. The topological polar surface area (TPSA) is 83.6 Å². The summed E-state index contributed by atoms with van der Waals surface area (Å²) in [7, 11) is 0. The highest BCUT2D eigenvalue weighted by Crippen LogP contribution is 2.32. The van der Waals surface area contributed by atoms with Gasteiger partial charge in [-0.3, -0.25) is 9.59 Å². The van der Waals surface area contributed by atoms with Crippen LogP contribution in [0.1, 0.15) is 6.42 Å². The molecule has 8 heteroatoms. The highest BCUT2D eigenvalue weighted by atomic mass is 35.5. The van der Waals surface area contributed by atoms with Gasteiger partial charge in [-0.05, 0) is 30.3 Å². The quantitative estimate of drug-likeness (QED) is 0.722. The fourth-order valence-electron chi connectivity index (χ4n) is 2.96. The standard InChI is InChI=1S/C18H12Cl2N2O4/c19-12-3-1-9(5-13(12)20)17-21-14-4-2-11(7-15(14)26-17)22-8-10(18(24)25)6-16(22)23/h1-5,7,10H,6,8H2,(H,24,25)/t10-/m0/s1. The number of hydrogen-bond acceptors (Lipinski definition) is 4. The number of carbonyl (C=O) groups excluding carboxylic acids is 1. The van der Waals surface area contributed by atoms with Gasteiger partial charge in [-0.1, -0.05) is 23.2 Å². The van der Waals surface area contributed by atoms with Gasteiger partial charge in [-0.15, -0.1) is 0 Å². The number of aromatic nitrogens is 1. The maximum absolute atomic E-state index is 12.1. The van der Waals surface area contributed by atoms with Crippen molar-refractivity contribution in [2.45, 2.75) is 6.42 Å². The van der Waals surface area contributed by atoms with Crippen LogP contribution < -0.4 is 4.90 Å². The molecule has 4 rings (SSSR count). The Morgan fingerprint density at radius 1 is 1.19 bits per heavy atom. The van der Waals surface area contributed by atoms with E-state index in [-0.39, 0.29) is 18.9 Å². The summed E-state index contributed by atoms with van der Waals surface area (Å²) in [5.41, 5.74) is 2.38. The van der Waals surface area contributed by atoms with Crippen molar-refractivity contribution in [1.29, 1.82) is 0 Å². The molecule has 1 aliphatic rings. The van der Waals surface area contributed by atoms with Gasteiger partial charge in [-0.25, -0.2) is 4.98 Å². The second kappa shape index (κ2) is 6.30. The van der Waals surface area contributed by atoms with E-state index in [1.165, 1.54) is 4.90 Å². The van der Waals surface area contributed by atoms with E-state index < -0.39 is 11.9 Å². The molecule has 1 N–H and O–H groups in total. The van der Waals surface area contributed by atoms with Crippen LogP contribution in [0.2, 0.25) is 10.0 Å². The minimum Gasteiger partial charge on any atom is -0.481 e. The number of carboxylic acids is 1. The predicted octanol–water partition coefficient (Wildman–Crippen LogP) is 4.24. The molecule has 2 heterocycles. The summed E-state index contributed by atoms with van der Waals surface area (Å²) >= 11 is 12.0. The number of carboxylic acid groups (broad SMARTS) is 1. The highest BCUT2D eigenvalue weighted by Gasteiger charge is 2.35. The van der Waals surface area contributed by atoms with E-state index in [4.69, 9.17) is 32.7 Å². The maximum atomic E-state index is 12.1. The molecule has 3 aromatic rings. The van der Waals surface area contributed by atoms with Crippen molar-refractivity contribution in [1.82, 2.24) is 4.98 Å². The Hall–Kier alpha value is -2.57. The number of halogens is 2. The van der Waals surface area contributed by atoms with Crippen LogP contribution in [0.5, 0.6) is 0 Å². The van der Waals surface area contributed by atoms with Crippen LogP contribution >= 0.6 is 23.2 Å². The molecule has 0 aliphatic carbocycles. The number of hydrogen-bond donors (Lipinski definition) is 1. The van der Waals surface area contributed by atoms with Gasteiger partial charge in [0.25, 0.3) is 0 Å². The number of carbonyl (C=O) groups is 2. The summed E-state index contributed by atoms with van der Waals surface area (Å²) in [6.45, 7) is 0.146. The second-order valence-electron chi connectivity index (χ2n) is 6.04. The SMILES string of the molecule is O=C(O)[C@H]1CC(=O)N(c2ccc3nc(-c4ccc(Cl)c(Cl)c4)oc3c2)C1. The van der Waals surface area contributed by atoms with Crippen LogP contribution in [0.15, 0.2) is 40.8 Å². The molecule has 132 valence electrons. The summed E-state index contributed by atoms with van der Waals surface area (Å²) in [6, 6.07) is 10.2. The Morgan fingerprint density at radius 2 is 2.00 bits per heavy atom. The zero-order chi connectivity index (χ0) is 18.4. The first-order valence-electron chi connectivity index (χ1n) is 7.81. The van der Waals surface area contributed by atoms with E-state index in [9.17, 15) is 9.59 Å². The molecule has 26 heavy (non-hydrogen) atoms. The largest absolute Gasteiger partial charge is 0.481 e. The molecule has 0 spiro atoms. The molecular weight excluding hydrogens is 379 g/mol. The first-order valence-corrected chi connectivity index (χ1v) is 8.57. The third-order valence-electron chi connectivity index (χ3n) is 4.32. The highest BCUT2D eigenvalue weighted by molar-refractivity contribution is 6.42. The molecule has 1 aliphatic heterocycles. The van der Waals surface area contributed by atoms with Crippen LogP contribution in [-0.4, -0.2) is 28.5 Å². The number of oxazole rings is 1. The van der Waals surface area contributed by atoms with E-state index in [1.54, 1.807) is 36.4 Å². The maximum Gasteiger partial charge on any atom is 0.308 e. The van der Waals surface area contributed by atoms with Crippen molar-refractivity contribution in [3.8, 4) is 11.5 Å². The molecule has 0 saturated carbocycles. The van der Waals surface area contributed by atoms with Crippen molar-refractivity contribution >= 4 is 51.9 Å². The number of rotatable bonds is 3. The lowest BCUT2D eigenvalue weighted by Gasteiger charge is -2.15. The molecule has 1 atom stereocenters. The molecule has 0 unspecified atom stereocenters. The van der Waals surface area contributed by atoms with Gasteiger partial charge >= 0.3 is 5.97 Å². The van der Waals surface area contributed by atoms with Gasteiger partial charge in [0.1, 0.15) is 5.52 Å². The monoisotopic (exact) mass is 390 g/mol. The van der Waals surface area contributed by atoms with E-state index in [0.717, 1.165) is 0 Å². The number of benzene rings is 2.